The van der Waals surface area contributed by atoms with Gasteiger partial charge in [0.05, 0.1) is 5.69 Å². The van der Waals surface area contributed by atoms with E-state index in [2.05, 4.69) is 36.1 Å². The molecule has 0 aliphatic carbocycles. The monoisotopic (exact) mass is 279 g/mol. The van der Waals surface area contributed by atoms with E-state index < -0.39 is 0 Å². The molecule has 0 spiro atoms. The van der Waals surface area contributed by atoms with Crippen molar-refractivity contribution in [1.82, 2.24) is 15.3 Å². The Morgan fingerprint density at radius 3 is 2.84 bits per heavy atom. The van der Waals surface area contributed by atoms with Crippen molar-refractivity contribution >= 4 is 11.3 Å². The van der Waals surface area contributed by atoms with Gasteiger partial charge in [-0.1, -0.05) is 20.8 Å². The van der Waals surface area contributed by atoms with Crippen molar-refractivity contribution in [1.29, 1.82) is 0 Å². The number of hydrogen-bond acceptors (Lipinski definition) is 4. The largest absolute Gasteiger partial charge is 0.312 e. The first-order valence-electron chi connectivity index (χ1n) is 6.44. The maximum absolute atomic E-state index is 13.8. The van der Waals surface area contributed by atoms with Crippen LogP contribution in [0.3, 0.4) is 0 Å². The molecule has 2 rings (SSSR count). The van der Waals surface area contributed by atoms with Crippen LogP contribution in [-0.4, -0.2) is 16.5 Å². The van der Waals surface area contributed by atoms with Gasteiger partial charge in [-0.3, -0.25) is 4.98 Å². The summed E-state index contributed by atoms with van der Waals surface area (Å²) in [4.78, 5) is 9.83. The van der Waals surface area contributed by atoms with Gasteiger partial charge in [-0.15, -0.1) is 11.3 Å². The number of hydrogen-bond donors (Lipinski definition) is 1. The molecule has 0 radical (unpaired) electrons. The van der Waals surface area contributed by atoms with E-state index in [4.69, 9.17) is 0 Å². The van der Waals surface area contributed by atoms with Crippen LogP contribution in [0.15, 0.2) is 18.3 Å². The van der Waals surface area contributed by atoms with E-state index in [1.807, 2.05) is 0 Å². The molecule has 0 fully saturated rings. The fourth-order valence-electron chi connectivity index (χ4n) is 1.82. The number of nitrogens with zero attached hydrogens (tertiary/aromatic N) is 2. The topological polar surface area (TPSA) is 37.8 Å². The van der Waals surface area contributed by atoms with Gasteiger partial charge in [0.15, 0.2) is 5.82 Å². The molecule has 0 amide bonds. The molecule has 0 saturated heterocycles. The Hall–Kier alpha value is -1.33. The van der Waals surface area contributed by atoms with Crippen LogP contribution in [0.5, 0.6) is 0 Å². The van der Waals surface area contributed by atoms with Crippen molar-refractivity contribution in [2.45, 2.75) is 33.2 Å². The summed E-state index contributed by atoms with van der Waals surface area (Å²) in [5.74, 6) is 0.00647. The van der Waals surface area contributed by atoms with E-state index in [1.54, 1.807) is 12.3 Å². The van der Waals surface area contributed by atoms with Crippen LogP contribution in [0.2, 0.25) is 0 Å². The molecule has 0 atom stereocenters. The van der Waals surface area contributed by atoms with Crippen LogP contribution in [0.4, 0.5) is 4.39 Å². The zero-order chi connectivity index (χ0) is 13.8. The van der Waals surface area contributed by atoms with Gasteiger partial charge in [0.1, 0.15) is 10.7 Å². The van der Waals surface area contributed by atoms with Gasteiger partial charge in [-0.25, -0.2) is 9.37 Å². The zero-order valence-electron chi connectivity index (χ0n) is 11.4. The summed E-state index contributed by atoms with van der Waals surface area (Å²) in [6, 6.07) is 3.01. The predicted molar refractivity (Wildman–Crippen MR) is 76.8 cm³/mol. The highest BCUT2D eigenvalue weighted by Gasteiger charge is 2.17. The van der Waals surface area contributed by atoms with Gasteiger partial charge in [0.2, 0.25) is 0 Å². The van der Waals surface area contributed by atoms with Gasteiger partial charge in [-0.2, -0.15) is 0 Å². The fourth-order valence-corrected chi connectivity index (χ4v) is 3.01. The smallest absolute Gasteiger partial charge is 0.151 e. The quantitative estimate of drug-likeness (QED) is 0.909. The molecule has 0 unspecified atom stereocenters. The third-order valence-electron chi connectivity index (χ3n) is 2.77. The predicted octanol–water partition coefficient (Wildman–Crippen LogP) is 3.58. The molecule has 0 bridgehead atoms. The molecule has 102 valence electrons. The maximum Gasteiger partial charge on any atom is 0.151 e. The number of nitrogens with one attached hydrogen (secondary N) is 1. The van der Waals surface area contributed by atoms with Crippen LogP contribution in [0.1, 0.15) is 37.3 Å². The van der Waals surface area contributed by atoms with E-state index in [1.165, 1.54) is 17.4 Å². The lowest BCUT2D eigenvalue weighted by atomic mass is 10.1. The molecule has 19 heavy (non-hydrogen) atoms. The van der Waals surface area contributed by atoms with E-state index in [0.717, 1.165) is 23.7 Å². The molecule has 2 aromatic heterocycles. The first kappa shape index (κ1) is 14.1. The van der Waals surface area contributed by atoms with E-state index in [-0.39, 0.29) is 5.82 Å². The minimum absolute atomic E-state index is 0.318. The van der Waals surface area contributed by atoms with Crippen molar-refractivity contribution in [2.75, 3.05) is 6.54 Å². The third-order valence-corrected chi connectivity index (χ3v) is 3.85. The Kier molecular flexibility index (Phi) is 4.61. The first-order valence-corrected chi connectivity index (χ1v) is 7.26. The van der Waals surface area contributed by atoms with Crippen LogP contribution in [0.25, 0.3) is 10.7 Å². The number of pyridine rings is 1. The Morgan fingerprint density at radius 2 is 2.21 bits per heavy atom. The summed E-state index contributed by atoms with van der Waals surface area (Å²) >= 11 is 1.52. The second-order valence-corrected chi connectivity index (χ2v) is 5.68. The molecule has 0 aliphatic rings. The van der Waals surface area contributed by atoms with Crippen molar-refractivity contribution in [3.05, 3.63) is 34.7 Å². The summed E-state index contributed by atoms with van der Waals surface area (Å²) in [5, 5.41) is 3.96. The first-order chi connectivity index (χ1) is 9.13. The average Bonchev–Trinajstić information content (AvgIpc) is 2.81. The number of thiazole rings is 1. The van der Waals surface area contributed by atoms with Crippen molar-refractivity contribution in [3.63, 3.8) is 0 Å². The normalized spacial score (nSPS) is 11.2. The Balaban J connectivity index is 2.40. The third kappa shape index (κ3) is 3.16. The maximum atomic E-state index is 13.8. The van der Waals surface area contributed by atoms with Crippen molar-refractivity contribution in [2.24, 2.45) is 0 Å². The average molecular weight is 279 g/mol. The van der Waals surface area contributed by atoms with Gasteiger partial charge in [0.25, 0.3) is 0 Å². The van der Waals surface area contributed by atoms with Crippen molar-refractivity contribution in [3.8, 4) is 10.7 Å². The lowest BCUT2D eigenvalue weighted by Crippen LogP contribution is -2.12. The lowest BCUT2D eigenvalue weighted by molar-refractivity contribution is 0.625. The Labute approximate surface area is 116 Å². The van der Waals surface area contributed by atoms with Crippen LogP contribution < -0.4 is 5.32 Å². The SMILES string of the molecule is CCNCc1sc(-c2ncccc2F)nc1C(C)C. The summed E-state index contributed by atoms with van der Waals surface area (Å²) < 4.78 is 13.8. The van der Waals surface area contributed by atoms with E-state index in [9.17, 15) is 4.39 Å². The highest BCUT2D eigenvalue weighted by molar-refractivity contribution is 7.15. The summed E-state index contributed by atoms with van der Waals surface area (Å²) in [5.41, 5.74) is 1.38. The number of rotatable bonds is 5. The lowest BCUT2D eigenvalue weighted by Gasteiger charge is -2.04. The number of aromatic nitrogens is 2. The highest BCUT2D eigenvalue weighted by Crippen LogP contribution is 2.31. The molecular weight excluding hydrogens is 261 g/mol. The summed E-state index contributed by atoms with van der Waals surface area (Å²) in [6.07, 6.45) is 1.60. The molecule has 2 aromatic rings. The second kappa shape index (κ2) is 6.21. The second-order valence-electron chi connectivity index (χ2n) is 4.60. The number of halogens is 1. The standard InChI is InChI=1S/C14H18FN3S/c1-4-16-8-11-12(9(2)3)18-14(19-11)13-10(15)6-5-7-17-13/h5-7,9,16H,4,8H2,1-3H3. The van der Waals surface area contributed by atoms with Crippen LogP contribution >= 0.6 is 11.3 Å². The molecule has 3 nitrogen and oxygen atoms in total. The molecule has 1 N–H and O–H groups in total. The van der Waals surface area contributed by atoms with Crippen LogP contribution in [0, 0.1) is 5.82 Å². The van der Waals surface area contributed by atoms with Gasteiger partial charge in [0, 0.05) is 17.6 Å². The molecule has 2 heterocycles. The Morgan fingerprint density at radius 1 is 1.42 bits per heavy atom. The van der Waals surface area contributed by atoms with E-state index in [0.29, 0.717) is 16.6 Å². The van der Waals surface area contributed by atoms with E-state index >= 15 is 0 Å². The summed E-state index contributed by atoms with van der Waals surface area (Å²) in [7, 11) is 0. The van der Waals surface area contributed by atoms with Crippen LogP contribution in [-0.2, 0) is 6.54 Å². The Bertz CT molecular complexity index is 551. The van der Waals surface area contributed by atoms with Gasteiger partial charge < -0.3 is 5.32 Å². The van der Waals surface area contributed by atoms with Gasteiger partial charge in [-0.05, 0) is 24.6 Å². The molecular formula is C14H18FN3S. The zero-order valence-corrected chi connectivity index (χ0v) is 12.2. The molecule has 0 saturated carbocycles. The molecule has 5 heteroatoms. The van der Waals surface area contributed by atoms with Crippen molar-refractivity contribution < 1.29 is 4.39 Å². The minimum atomic E-state index is -0.318. The molecule has 0 aromatic carbocycles. The minimum Gasteiger partial charge on any atom is -0.312 e. The highest BCUT2D eigenvalue weighted by atomic mass is 32.1. The fraction of sp³-hybridized carbons (Fsp3) is 0.429. The van der Waals surface area contributed by atoms with Gasteiger partial charge >= 0.3 is 0 Å². The molecule has 0 aliphatic heterocycles. The summed E-state index contributed by atoms with van der Waals surface area (Å²) in [6.45, 7) is 7.94.